The van der Waals surface area contributed by atoms with E-state index in [0.29, 0.717) is 30.5 Å². The van der Waals surface area contributed by atoms with Crippen molar-refractivity contribution in [2.24, 2.45) is 5.92 Å². The molecule has 4 heterocycles. The number of methoxy groups -OCH3 is 1. The quantitative estimate of drug-likeness (QED) is 0.780. The SMILES string of the molecule is COc1cccc(CN2C[C@@H]3C[C@@H](c4cnn(C(C)C)c4)N4CCC[C@@]34C2=O)c1. The number of nitrogens with zero attached hydrogens (tertiary/aromatic N) is 4. The van der Waals surface area contributed by atoms with E-state index in [2.05, 4.69) is 41.0 Å². The van der Waals surface area contributed by atoms with Crippen LogP contribution in [-0.4, -0.2) is 51.2 Å². The number of carbonyl (C=O) groups is 1. The van der Waals surface area contributed by atoms with E-state index in [0.717, 1.165) is 43.7 Å². The first-order valence-electron chi connectivity index (χ1n) is 10.8. The van der Waals surface area contributed by atoms with Crippen molar-refractivity contribution in [2.45, 2.75) is 57.3 Å². The van der Waals surface area contributed by atoms with Crippen LogP contribution < -0.4 is 4.74 Å². The fourth-order valence-corrected chi connectivity index (χ4v) is 5.83. The highest BCUT2D eigenvalue weighted by atomic mass is 16.5. The lowest BCUT2D eigenvalue weighted by Gasteiger charge is -2.33. The molecule has 0 unspecified atom stereocenters. The summed E-state index contributed by atoms with van der Waals surface area (Å²) >= 11 is 0. The maximum atomic E-state index is 13.7. The van der Waals surface area contributed by atoms with E-state index in [1.165, 1.54) is 5.56 Å². The molecule has 6 nitrogen and oxygen atoms in total. The standard InChI is InChI=1S/C23H30N4O2/c1-16(2)27-14-18(12-24-27)21-11-19-15-25(13-17-6-4-7-20(10-17)29-3)22(28)23(19)8-5-9-26(21)23/h4,6-7,10,12,14,16,19,21H,5,8-9,11,13,15H2,1-3H3/t19-,21-,23-/m0/s1. The molecule has 3 aliphatic rings. The Kier molecular flexibility index (Phi) is 4.42. The van der Waals surface area contributed by atoms with E-state index in [1.54, 1.807) is 7.11 Å². The van der Waals surface area contributed by atoms with Crippen LogP contribution >= 0.6 is 0 Å². The first-order chi connectivity index (χ1) is 14.0. The smallest absolute Gasteiger partial charge is 0.243 e. The largest absolute Gasteiger partial charge is 0.497 e. The molecular formula is C23H30N4O2. The molecule has 0 bridgehead atoms. The van der Waals surface area contributed by atoms with E-state index in [-0.39, 0.29) is 5.54 Å². The molecule has 1 aromatic heterocycles. The minimum Gasteiger partial charge on any atom is -0.497 e. The topological polar surface area (TPSA) is 50.6 Å². The Labute approximate surface area is 172 Å². The van der Waals surface area contributed by atoms with Gasteiger partial charge in [0.25, 0.3) is 0 Å². The van der Waals surface area contributed by atoms with Gasteiger partial charge in [-0.2, -0.15) is 5.10 Å². The molecule has 3 aliphatic heterocycles. The highest BCUT2D eigenvalue weighted by Crippen LogP contribution is 2.56. The molecule has 2 aromatic rings. The van der Waals surface area contributed by atoms with Crippen molar-refractivity contribution in [2.75, 3.05) is 20.2 Å². The number of likely N-dealkylation sites (tertiary alicyclic amines) is 1. The average Bonchev–Trinajstić information content (AvgIpc) is 3.46. The van der Waals surface area contributed by atoms with Crippen molar-refractivity contribution in [3.63, 3.8) is 0 Å². The maximum absolute atomic E-state index is 13.7. The Hall–Kier alpha value is -2.34. The van der Waals surface area contributed by atoms with Crippen molar-refractivity contribution in [1.82, 2.24) is 19.6 Å². The zero-order chi connectivity index (χ0) is 20.2. The molecule has 0 N–H and O–H groups in total. The van der Waals surface area contributed by atoms with E-state index >= 15 is 0 Å². The van der Waals surface area contributed by atoms with E-state index in [4.69, 9.17) is 4.74 Å². The summed E-state index contributed by atoms with van der Waals surface area (Å²) in [5, 5.41) is 4.56. The molecule has 29 heavy (non-hydrogen) atoms. The molecule has 1 amide bonds. The first kappa shape index (κ1) is 18.7. The molecule has 6 heteroatoms. The summed E-state index contributed by atoms with van der Waals surface area (Å²) in [5.74, 6) is 1.56. The molecule has 3 fully saturated rings. The molecule has 5 rings (SSSR count). The molecule has 154 valence electrons. The first-order valence-corrected chi connectivity index (χ1v) is 10.8. The lowest BCUT2D eigenvalue weighted by molar-refractivity contribution is -0.137. The van der Waals surface area contributed by atoms with Crippen LogP contribution in [0, 0.1) is 5.92 Å². The number of aromatic nitrogens is 2. The van der Waals surface area contributed by atoms with Gasteiger partial charge in [0.2, 0.25) is 5.91 Å². The monoisotopic (exact) mass is 394 g/mol. The van der Waals surface area contributed by atoms with Gasteiger partial charge in [0.05, 0.1) is 13.3 Å². The predicted octanol–water partition coefficient (Wildman–Crippen LogP) is 3.41. The van der Waals surface area contributed by atoms with Crippen molar-refractivity contribution in [1.29, 1.82) is 0 Å². The second-order valence-electron chi connectivity index (χ2n) is 9.05. The van der Waals surface area contributed by atoms with Gasteiger partial charge in [0.1, 0.15) is 11.3 Å². The van der Waals surface area contributed by atoms with Gasteiger partial charge in [-0.1, -0.05) is 12.1 Å². The van der Waals surface area contributed by atoms with Gasteiger partial charge in [0.15, 0.2) is 0 Å². The van der Waals surface area contributed by atoms with Gasteiger partial charge in [-0.05, 0) is 57.4 Å². The molecule has 0 aliphatic carbocycles. The van der Waals surface area contributed by atoms with Crippen LogP contribution in [0.15, 0.2) is 36.7 Å². The maximum Gasteiger partial charge on any atom is 0.243 e. The van der Waals surface area contributed by atoms with Crippen molar-refractivity contribution >= 4 is 5.91 Å². The van der Waals surface area contributed by atoms with Crippen LogP contribution in [0.1, 0.15) is 56.3 Å². The predicted molar refractivity (Wildman–Crippen MR) is 111 cm³/mol. The molecule has 0 radical (unpaired) electrons. The van der Waals surface area contributed by atoms with Crippen LogP contribution in [0.4, 0.5) is 0 Å². The minimum absolute atomic E-state index is 0.302. The van der Waals surface area contributed by atoms with Gasteiger partial charge >= 0.3 is 0 Å². The third-order valence-corrected chi connectivity index (χ3v) is 7.17. The van der Waals surface area contributed by atoms with Gasteiger partial charge in [0, 0.05) is 42.9 Å². The Balaban J connectivity index is 1.39. The van der Waals surface area contributed by atoms with Gasteiger partial charge < -0.3 is 9.64 Å². The zero-order valence-corrected chi connectivity index (χ0v) is 17.5. The highest BCUT2D eigenvalue weighted by molar-refractivity contribution is 5.90. The number of hydrogen-bond acceptors (Lipinski definition) is 4. The van der Waals surface area contributed by atoms with E-state index in [9.17, 15) is 4.79 Å². The Morgan fingerprint density at radius 1 is 1.34 bits per heavy atom. The summed E-state index contributed by atoms with van der Waals surface area (Å²) < 4.78 is 7.38. The van der Waals surface area contributed by atoms with Crippen LogP contribution in [0.25, 0.3) is 0 Å². The van der Waals surface area contributed by atoms with Gasteiger partial charge in [-0.25, -0.2) is 0 Å². The summed E-state index contributed by atoms with van der Waals surface area (Å²) in [6.45, 7) is 6.82. The number of rotatable bonds is 5. The van der Waals surface area contributed by atoms with Crippen LogP contribution in [0.2, 0.25) is 0 Å². The third kappa shape index (κ3) is 2.80. The molecule has 3 saturated heterocycles. The minimum atomic E-state index is -0.302. The van der Waals surface area contributed by atoms with E-state index < -0.39 is 0 Å². The Morgan fingerprint density at radius 2 is 2.21 bits per heavy atom. The Bertz CT molecular complexity index is 923. The molecular weight excluding hydrogens is 364 g/mol. The average molecular weight is 395 g/mol. The van der Waals surface area contributed by atoms with Gasteiger partial charge in [-0.3, -0.25) is 14.4 Å². The summed E-state index contributed by atoms with van der Waals surface area (Å²) in [7, 11) is 1.68. The zero-order valence-electron chi connectivity index (χ0n) is 17.5. The van der Waals surface area contributed by atoms with Crippen LogP contribution in [0.5, 0.6) is 5.75 Å². The number of benzene rings is 1. The van der Waals surface area contributed by atoms with Crippen molar-refractivity contribution in [3.8, 4) is 5.75 Å². The number of amides is 1. The number of carbonyl (C=O) groups excluding carboxylic acids is 1. The number of ether oxygens (including phenoxy) is 1. The lowest BCUT2D eigenvalue weighted by Crippen LogP contribution is -2.49. The summed E-state index contributed by atoms with van der Waals surface area (Å²) in [6, 6.07) is 8.74. The van der Waals surface area contributed by atoms with Gasteiger partial charge in [-0.15, -0.1) is 0 Å². The highest BCUT2D eigenvalue weighted by Gasteiger charge is 2.65. The van der Waals surface area contributed by atoms with E-state index in [1.807, 2.05) is 29.1 Å². The molecule has 3 atom stereocenters. The lowest BCUT2D eigenvalue weighted by atomic mass is 9.85. The van der Waals surface area contributed by atoms with Crippen molar-refractivity contribution < 1.29 is 9.53 Å². The Morgan fingerprint density at radius 3 is 2.97 bits per heavy atom. The molecule has 1 aromatic carbocycles. The fraction of sp³-hybridized carbons (Fsp3) is 0.565. The second-order valence-corrected chi connectivity index (χ2v) is 9.05. The third-order valence-electron chi connectivity index (χ3n) is 7.17. The molecule has 1 spiro atoms. The fourth-order valence-electron chi connectivity index (χ4n) is 5.83. The van der Waals surface area contributed by atoms with Crippen molar-refractivity contribution in [3.05, 3.63) is 47.8 Å². The summed E-state index contributed by atoms with van der Waals surface area (Å²) in [5.41, 5.74) is 2.10. The summed E-state index contributed by atoms with van der Waals surface area (Å²) in [6.07, 6.45) is 7.32. The summed E-state index contributed by atoms with van der Waals surface area (Å²) in [4.78, 5) is 18.3. The second kappa shape index (κ2) is 6.87. The number of hydrogen-bond donors (Lipinski definition) is 0. The molecule has 0 saturated carbocycles. The van der Waals surface area contributed by atoms with Crippen LogP contribution in [-0.2, 0) is 11.3 Å². The normalized spacial score (nSPS) is 29.0. The van der Waals surface area contributed by atoms with Crippen LogP contribution in [0.3, 0.4) is 0 Å².